The van der Waals surface area contributed by atoms with E-state index in [4.69, 9.17) is 5.73 Å². The molecule has 0 saturated heterocycles. The number of hydrogen-bond acceptors (Lipinski definition) is 3. The first-order valence-electron chi connectivity index (χ1n) is 7.17. The maximum absolute atomic E-state index is 12.5. The molecule has 1 aliphatic rings. The zero-order valence-corrected chi connectivity index (χ0v) is 12.8. The molecular formula is C14H28N2OS. The van der Waals surface area contributed by atoms with Gasteiger partial charge in [-0.05, 0) is 31.9 Å². The van der Waals surface area contributed by atoms with Gasteiger partial charge in [-0.1, -0.05) is 26.7 Å². The van der Waals surface area contributed by atoms with E-state index in [-0.39, 0.29) is 11.3 Å². The molecule has 0 aromatic heterocycles. The van der Waals surface area contributed by atoms with Gasteiger partial charge in [0.15, 0.2) is 0 Å². The summed E-state index contributed by atoms with van der Waals surface area (Å²) in [5.41, 5.74) is 5.48. The standard InChI is InChI=1S/C14H28N2OS/c1-4-14(5-2,10-15)13(17)16-11-8-6-7-9-12(11)18-3/h11-12H,4-10,15H2,1-3H3,(H,16,17). The van der Waals surface area contributed by atoms with E-state index in [9.17, 15) is 4.79 Å². The average molecular weight is 272 g/mol. The zero-order chi connectivity index (χ0) is 13.6. The summed E-state index contributed by atoms with van der Waals surface area (Å²) in [6.07, 6.45) is 8.65. The van der Waals surface area contributed by atoms with E-state index >= 15 is 0 Å². The fraction of sp³-hybridized carbons (Fsp3) is 0.929. The van der Waals surface area contributed by atoms with Crippen molar-refractivity contribution in [2.45, 2.75) is 63.7 Å². The fourth-order valence-corrected chi connectivity index (χ4v) is 3.75. The van der Waals surface area contributed by atoms with Gasteiger partial charge in [0.25, 0.3) is 0 Å². The van der Waals surface area contributed by atoms with Gasteiger partial charge in [0.1, 0.15) is 0 Å². The number of amides is 1. The number of nitrogens with two attached hydrogens (primary N) is 1. The van der Waals surface area contributed by atoms with Crippen LogP contribution < -0.4 is 11.1 Å². The fourth-order valence-electron chi connectivity index (χ4n) is 2.82. The first-order chi connectivity index (χ1) is 8.63. The van der Waals surface area contributed by atoms with Gasteiger partial charge < -0.3 is 11.1 Å². The lowest BCUT2D eigenvalue weighted by Gasteiger charge is -2.35. The van der Waals surface area contributed by atoms with Crippen LogP contribution in [0, 0.1) is 5.41 Å². The molecule has 0 aromatic carbocycles. The molecule has 18 heavy (non-hydrogen) atoms. The minimum atomic E-state index is -0.361. The molecule has 3 N–H and O–H groups in total. The van der Waals surface area contributed by atoms with Gasteiger partial charge in [-0.2, -0.15) is 11.8 Å². The number of carbonyl (C=O) groups is 1. The zero-order valence-electron chi connectivity index (χ0n) is 12.0. The molecule has 2 atom stereocenters. The predicted octanol–water partition coefficient (Wildman–Crippen LogP) is 2.54. The summed E-state index contributed by atoms with van der Waals surface area (Å²) < 4.78 is 0. The summed E-state index contributed by atoms with van der Waals surface area (Å²) in [5.74, 6) is 0.168. The number of nitrogens with one attached hydrogen (secondary N) is 1. The monoisotopic (exact) mass is 272 g/mol. The highest BCUT2D eigenvalue weighted by molar-refractivity contribution is 7.99. The number of rotatable bonds is 6. The van der Waals surface area contributed by atoms with Crippen LogP contribution in [0.1, 0.15) is 52.4 Å². The van der Waals surface area contributed by atoms with Crippen LogP contribution in [0.25, 0.3) is 0 Å². The van der Waals surface area contributed by atoms with E-state index in [0.717, 1.165) is 19.3 Å². The van der Waals surface area contributed by atoms with Crippen molar-refractivity contribution in [1.82, 2.24) is 5.32 Å². The van der Waals surface area contributed by atoms with E-state index in [0.29, 0.717) is 17.8 Å². The third kappa shape index (κ3) is 3.41. The van der Waals surface area contributed by atoms with Crippen LogP contribution >= 0.6 is 11.8 Å². The van der Waals surface area contributed by atoms with Crippen molar-refractivity contribution in [2.24, 2.45) is 11.1 Å². The lowest BCUT2D eigenvalue weighted by Crippen LogP contribution is -2.52. The molecular weight excluding hydrogens is 244 g/mol. The van der Waals surface area contributed by atoms with Gasteiger partial charge in [0.2, 0.25) is 5.91 Å². The first-order valence-corrected chi connectivity index (χ1v) is 8.46. The molecule has 0 spiro atoms. The number of carbonyl (C=O) groups excluding carboxylic acids is 1. The molecule has 0 bridgehead atoms. The first kappa shape index (κ1) is 15.8. The van der Waals surface area contributed by atoms with Gasteiger partial charge in [-0.25, -0.2) is 0 Å². The molecule has 4 heteroatoms. The second-order valence-electron chi connectivity index (χ2n) is 5.33. The molecule has 0 aliphatic heterocycles. The predicted molar refractivity (Wildman–Crippen MR) is 79.8 cm³/mol. The van der Waals surface area contributed by atoms with Crippen LogP contribution in [0.5, 0.6) is 0 Å². The minimum absolute atomic E-state index is 0.168. The molecule has 1 saturated carbocycles. The third-order valence-corrected chi connectivity index (χ3v) is 5.72. The highest BCUT2D eigenvalue weighted by Gasteiger charge is 2.36. The Balaban J connectivity index is 2.66. The summed E-state index contributed by atoms with van der Waals surface area (Å²) >= 11 is 1.88. The summed E-state index contributed by atoms with van der Waals surface area (Å²) in [6.45, 7) is 4.56. The quantitative estimate of drug-likeness (QED) is 0.781. The summed E-state index contributed by atoms with van der Waals surface area (Å²) in [7, 11) is 0. The van der Waals surface area contributed by atoms with Gasteiger partial charge in [0.05, 0.1) is 5.41 Å². The molecule has 0 heterocycles. The Morgan fingerprint density at radius 1 is 1.33 bits per heavy atom. The highest BCUT2D eigenvalue weighted by Crippen LogP contribution is 2.30. The summed E-state index contributed by atoms with van der Waals surface area (Å²) in [4.78, 5) is 12.5. The molecule has 0 radical (unpaired) electrons. The molecule has 0 aromatic rings. The maximum Gasteiger partial charge on any atom is 0.227 e. The van der Waals surface area contributed by atoms with Gasteiger partial charge in [-0.3, -0.25) is 4.79 Å². The molecule has 3 nitrogen and oxygen atoms in total. The van der Waals surface area contributed by atoms with Crippen molar-refractivity contribution in [2.75, 3.05) is 12.8 Å². The minimum Gasteiger partial charge on any atom is -0.352 e. The van der Waals surface area contributed by atoms with E-state index in [1.807, 2.05) is 11.8 Å². The van der Waals surface area contributed by atoms with E-state index in [1.165, 1.54) is 19.3 Å². The van der Waals surface area contributed by atoms with Crippen LogP contribution in [-0.4, -0.2) is 30.0 Å². The number of thioether (sulfide) groups is 1. The van der Waals surface area contributed by atoms with Crippen LogP contribution in [0.3, 0.4) is 0 Å². The van der Waals surface area contributed by atoms with Crippen LogP contribution in [0.15, 0.2) is 0 Å². The summed E-state index contributed by atoms with van der Waals surface area (Å²) in [6, 6.07) is 0.338. The lowest BCUT2D eigenvalue weighted by molar-refractivity contribution is -0.132. The van der Waals surface area contributed by atoms with E-state index < -0.39 is 0 Å². The van der Waals surface area contributed by atoms with Gasteiger partial charge >= 0.3 is 0 Å². The molecule has 1 aliphatic carbocycles. The van der Waals surface area contributed by atoms with Crippen molar-refractivity contribution in [3.8, 4) is 0 Å². The van der Waals surface area contributed by atoms with Gasteiger partial charge in [0, 0.05) is 17.8 Å². The van der Waals surface area contributed by atoms with Crippen molar-refractivity contribution in [1.29, 1.82) is 0 Å². The molecule has 1 rings (SSSR count). The Morgan fingerprint density at radius 2 is 1.94 bits per heavy atom. The summed E-state index contributed by atoms with van der Waals surface area (Å²) in [5, 5.41) is 3.85. The SMILES string of the molecule is CCC(CC)(CN)C(=O)NC1CCCCC1SC. The molecule has 2 unspecified atom stereocenters. The number of hydrogen-bond donors (Lipinski definition) is 2. The second-order valence-corrected chi connectivity index (χ2v) is 6.41. The average Bonchev–Trinajstić information content (AvgIpc) is 2.42. The Kier molecular flexibility index (Phi) is 6.50. The Labute approximate surface area is 116 Å². The van der Waals surface area contributed by atoms with Gasteiger partial charge in [-0.15, -0.1) is 0 Å². The van der Waals surface area contributed by atoms with Crippen molar-refractivity contribution >= 4 is 17.7 Å². The smallest absolute Gasteiger partial charge is 0.227 e. The highest BCUT2D eigenvalue weighted by atomic mass is 32.2. The van der Waals surface area contributed by atoms with E-state index in [1.54, 1.807) is 0 Å². The Morgan fingerprint density at radius 3 is 2.44 bits per heavy atom. The lowest BCUT2D eigenvalue weighted by atomic mass is 9.80. The van der Waals surface area contributed by atoms with E-state index in [2.05, 4.69) is 25.4 Å². The van der Waals surface area contributed by atoms with Crippen LogP contribution in [0.4, 0.5) is 0 Å². The largest absolute Gasteiger partial charge is 0.352 e. The van der Waals surface area contributed by atoms with Crippen molar-refractivity contribution < 1.29 is 4.79 Å². The van der Waals surface area contributed by atoms with Crippen molar-refractivity contribution in [3.05, 3.63) is 0 Å². The molecule has 1 amide bonds. The maximum atomic E-state index is 12.5. The van der Waals surface area contributed by atoms with Crippen molar-refractivity contribution in [3.63, 3.8) is 0 Å². The Hall–Kier alpha value is -0.220. The topological polar surface area (TPSA) is 55.1 Å². The third-order valence-electron chi connectivity index (χ3n) is 4.55. The normalized spacial score (nSPS) is 24.9. The second kappa shape index (κ2) is 7.39. The molecule has 106 valence electrons. The van der Waals surface area contributed by atoms with Crippen LogP contribution in [0.2, 0.25) is 0 Å². The Bertz CT molecular complexity index is 258. The molecule has 1 fully saturated rings. The van der Waals surface area contributed by atoms with Crippen LogP contribution in [-0.2, 0) is 4.79 Å².